The minimum Gasteiger partial charge on any atom is -0.197 e. The fraction of sp³-hybridized carbons (Fsp3) is 0.600. The van der Waals surface area contributed by atoms with Gasteiger partial charge in [0, 0.05) is 0 Å². The van der Waals surface area contributed by atoms with E-state index < -0.39 is 0 Å². The Bertz CT molecular complexity index is 96.8. The summed E-state index contributed by atoms with van der Waals surface area (Å²) < 4.78 is 0. The molecule has 68 valence electrons. The lowest BCUT2D eigenvalue weighted by Gasteiger charge is -1.84. The normalized spacial score (nSPS) is 6.36. The minimum absolute atomic E-state index is 0. The van der Waals surface area contributed by atoms with E-state index >= 15 is 0 Å². The Morgan fingerprint density at radius 2 is 0.909 bits per heavy atom. The third kappa shape index (κ3) is 25.8. The first-order valence-corrected chi connectivity index (χ1v) is 3.91. The van der Waals surface area contributed by atoms with Gasteiger partial charge >= 0.3 is 0 Å². The maximum Gasteiger partial charge on any atom is -0.0439 e. The average molecular weight is 174 g/mol. The summed E-state index contributed by atoms with van der Waals surface area (Å²) in [5, 5.41) is 0. The van der Waals surface area contributed by atoms with Crippen molar-refractivity contribution in [3.63, 3.8) is 0 Å². The molecule has 0 amide bonds. The number of hydrogen-bond donors (Lipinski definition) is 0. The monoisotopic (exact) mass is 174 g/mol. The van der Waals surface area contributed by atoms with E-state index in [1.54, 1.807) is 0 Å². The van der Waals surface area contributed by atoms with Crippen LogP contribution in [0.2, 0.25) is 0 Å². The Morgan fingerprint density at radius 3 is 1.00 bits per heavy atom. The van der Waals surface area contributed by atoms with Gasteiger partial charge in [0.2, 0.25) is 0 Å². The molecule has 11 heavy (non-hydrogen) atoms. The van der Waals surface area contributed by atoms with Crippen LogP contribution in [0.3, 0.4) is 0 Å². The summed E-state index contributed by atoms with van der Waals surface area (Å²) in [5.74, 6) is 0. The SMILES string of the molecule is CC.CC(C)=CC=C(C)C.S. The van der Waals surface area contributed by atoms with E-state index in [0.29, 0.717) is 0 Å². The fourth-order valence-corrected chi connectivity index (χ4v) is 0.333. The van der Waals surface area contributed by atoms with E-state index in [1.165, 1.54) is 11.1 Å². The molecular formula is C10H22S. The molecule has 1 heteroatoms. The van der Waals surface area contributed by atoms with Crippen LogP contribution in [0.1, 0.15) is 41.5 Å². The first-order valence-electron chi connectivity index (χ1n) is 3.91. The van der Waals surface area contributed by atoms with Gasteiger partial charge in [-0.15, -0.1) is 0 Å². The molecule has 0 rings (SSSR count). The predicted molar refractivity (Wildman–Crippen MR) is 60.6 cm³/mol. The van der Waals surface area contributed by atoms with Crippen LogP contribution >= 0.6 is 13.5 Å². The van der Waals surface area contributed by atoms with Crippen molar-refractivity contribution in [2.24, 2.45) is 0 Å². The Kier molecular flexibility index (Phi) is 19.4. The van der Waals surface area contributed by atoms with Crippen molar-refractivity contribution in [1.82, 2.24) is 0 Å². The van der Waals surface area contributed by atoms with E-state index in [2.05, 4.69) is 39.8 Å². The van der Waals surface area contributed by atoms with Crippen LogP contribution < -0.4 is 0 Å². The van der Waals surface area contributed by atoms with Crippen LogP contribution in [0, 0.1) is 0 Å². The number of rotatable bonds is 1. The smallest absolute Gasteiger partial charge is 0.0439 e. The standard InChI is InChI=1S/C8H14.C2H6.H2S/c1-7(2)5-6-8(3)4;1-2;/h5-6H,1-4H3;1-2H3;1H2. The molecule has 0 aromatic rings. The second-order valence-corrected chi connectivity index (χ2v) is 2.49. The maximum atomic E-state index is 2.12. The summed E-state index contributed by atoms with van der Waals surface area (Å²) in [7, 11) is 0. The van der Waals surface area contributed by atoms with Gasteiger partial charge in [-0.2, -0.15) is 13.5 Å². The van der Waals surface area contributed by atoms with Gasteiger partial charge in [0.15, 0.2) is 0 Å². The van der Waals surface area contributed by atoms with Gasteiger partial charge in [-0.05, 0) is 27.7 Å². The molecule has 0 fully saturated rings. The minimum atomic E-state index is 0. The Balaban J connectivity index is -0.000000196. The summed E-state index contributed by atoms with van der Waals surface area (Å²) in [6, 6.07) is 0. The molecule has 0 atom stereocenters. The van der Waals surface area contributed by atoms with E-state index in [4.69, 9.17) is 0 Å². The van der Waals surface area contributed by atoms with Crippen molar-refractivity contribution in [2.45, 2.75) is 41.5 Å². The molecule has 0 nitrogen and oxygen atoms in total. The average Bonchev–Trinajstić information content (AvgIpc) is 1.89. The number of hydrogen-bond acceptors (Lipinski definition) is 0. The van der Waals surface area contributed by atoms with Crippen LogP contribution in [-0.2, 0) is 0 Å². The molecule has 0 unspecified atom stereocenters. The summed E-state index contributed by atoms with van der Waals surface area (Å²) >= 11 is 0. The maximum absolute atomic E-state index is 2.12. The van der Waals surface area contributed by atoms with Crippen LogP contribution in [-0.4, -0.2) is 0 Å². The zero-order valence-corrected chi connectivity index (χ0v) is 9.65. The lowest BCUT2D eigenvalue weighted by atomic mass is 10.2. The van der Waals surface area contributed by atoms with Crippen molar-refractivity contribution in [3.8, 4) is 0 Å². The van der Waals surface area contributed by atoms with Crippen molar-refractivity contribution in [1.29, 1.82) is 0 Å². The third-order valence-corrected chi connectivity index (χ3v) is 0.750. The van der Waals surface area contributed by atoms with Gasteiger partial charge in [-0.1, -0.05) is 37.1 Å². The highest BCUT2D eigenvalue weighted by Crippen LogP contribution is 1.93. The zero-order chi connectivity index (χ0) is 8.57. The molecule has 0 radical (unpaired) electrons. The van der Waals surface area contributed by atoms with Crippen LogP contribution in [0.5, 0.6) is 0 Å². The molecule has 0 heterocycles. The van der Waals surface area contributed by atoms with Crippen LogP contribution in [0.15, 0.2) is 23.3 Å². The van der Waals surface area contributed by atoms with Gasteiger partial charge in [0.05, 0.1) is 0 Å². The fourth-order valence-electron chi connectivity index (χ4n) is 0.333. The highest BCUT2D eigenvalue weighted by Gasteiger charge is 1.71. The molecule has 0 saturated heterocycles. The molecule has 0 aromatic carbocycles. The summed E-state index contributed by atoms with van der Waals surface area (Å²) in [4.78, 5) is 0. The van der Waals surface area contributed by atoms with E-state index in [9.17, 15) is 0 Å². The molecule has 0 N–H and O–H groups in total. The lowest BCUT2D eigenvalue weighted by Crippen LogP contribution is -1.62. The van der Waals surface area contributed by atoms with Crippen molar-refractivity contribution in [2.75, 3.05) is 0 Å². The summed E-state index contributed by atoms with van der Waals surface area (Å²) in [6.07, 6.45) is 4.24. The van der Waals surface area contributed by atoms with Gasteiger partial charge < -0.3 is 0 Å². The molecule has 0 spiro atoms. The summed E-state index contributed by atoms with van der Waals surface area (Å²) in [5.41, 5.74) is 2.71. The molecule has 0 bridgehead atoms. The Morgan fingerprint density at radius 1 is 0.727 bits per heavy atom. The zero-order valence-electron chi connectivity index (χ0n) is 8.65. The Hall–Kier alpha value is -0.170. The summed E-state index contributed by atoms with van der Waals surface area (Å²) in [6.45, 7) is 12.4. The number of allylic oxidation sites excluding steroid dienone is 4. The largest absolute Gasteiger partial charge is 0.197 e. The van der Waals surface area contributed by atoms with Crippen LogP contribution in [0.4, 0.5) is 0 Å². The highest BCUT2D eigenvalue weighted by atomic mass is 32.1. The second-order valence-electron chi connectivity index (χ2n) is 2.49. The first-order chi connectivity index (χ1) is 4.63. The lowest BCUT2D eigenvalue weighted by molar-refractivity contribution is 1.35. The molecule has 0 saturated carbocycles. The van der Waals surface area contributed by atoms with Crippen molar-refractivity contribution >= 4 is 13.5 Å². The van der Waals surface area contributed by atoms with E-state index in [-0.39, 0.29) is 13.5 Å². The van der Waals surface area contributed by atoms with Gasteiger partial charge in [0.1, 0.15) is 0 Å². The Labute approximate surface area is 78.8 Å². The van der Waals surface area contributed by atoms with Gasteiger partial charge in [-0.25, -0.2) is 0 Å². The van der Waals surface area contributed by atoms with Gasteiger partial charge in [-0.3, -0.25) is 0 Å². The predicted octanol–water partition coefficient (Wildman–Crippen LogP) is 4.06. The molecular weight excluding hydrogens is 152 g/mol. The second kappa shape index (κ2) is 12.5. The quantitative estimate of drug-likeness (QED) is 0.526. The molecule has 0 aliphatic carbocycles. The van der Waals surface area contributed by atoms with E-state index in [1.807, 2.05) is 13.8 Å². The third-order valence-electron chi connectivity index (χ3n) is 0.750. The van der Waals surface area contributed by atoms with Gasteiger partial charge in [0.25, 0.3) is 0 Å². The first kappa shape index (κ1) is 17.1. The molecule has 0 aromatic heterocycles. The van der Waals surface area contributed by atoms with E-state index in [0.717, 1.165) is 0 Å². The van der Waals surface area contributed by atoms with Crippen molar-refractivity contribution in [3.05, 3.63) is 23.3 Å². The molecule has 0 aliphatic rings. The highest BCUT2D eigenvalue weighted by molar-refractivity contribution is 7.59. The van der Waals surface area contributed by atoms with Crippen molar-refractivity contribution < 1.29 is 0 Å². The topological polar surface area (TPSA) is 0 Å². The molecule has 0 aliphatic heterocycles. The van der Waals surface area contributed by atoms with Crippen LogP contribution in [0.25, 0.3) is 0 Å².